The van der Waals surface area contributed by atoms with Crippen LogP contribution in [-0.2, 0) is 37.3 Å². The van der Waals surface area contributed by atoms with Crippen molar-refractivity contribution < 1.29 is 9.53 Å². The lowest BCUT2D eigenvalue weighted by Crippen LogP contribution is -2.41. The standard InChI is InChI=1S/C39H38N2O2/c40-36(25-31-13-5-1-6-14-31)27-39(42)38(26-32-21-23-37(24-22-32)43-30-35-19-11-4-12-20-35)41(28-33-15-7-2-8-16-33)29-34-17-9-3-10-18-34/h1-24,27,38H,25-26,28-30,40H2/b36-27+/t38-/m0/s1. The highest BCUT2D eigenvalue weighted by atomic mass is 16.5. The van der Waals surface area contributed by atoms with E-state index in [2.05, 4.69) is 53.4 Å². The Balaban J connectivity index is 1.40. The largest absolute Gasteiger partial charge is 0.489 e. The normalized spacial score (nSPS) is 12.2. The highest BCUT2D eigenvalue weighted by Crippen LogP contribution is 2.21. The molecule has 0 saturated heterocycles. The van der Waals surface area contributed by atoms with Gasteiger partial charge in [-0.25, -0.2) is 0 Å². The van der Waals surface area contributed by atoms with Crippen LogP contribution in [0.3, 0.4) is 0 Å². The average Bonchev–Trinajstić information content (AvgIpc) is 3.05. The highest BCUT2D eigenvalue weighted by Gasteiger charge is 2.26. The quantitative estimate of drug-likeness (QED) is 0.141. The topological polar surface area (TPSA) is 55.6 Å². The number of ether oxygens (including phenoxy) is 1. The number of rotatable bonds is 14. The summed E-state index contributed by atoms with van der Waals surface area (Å²) in [5.41, 5.74) is 12.6. The zero-order valence-corrected chi connectivity index (χ0v) is 24.4. The van der Waals surface area contributed by atoms with Crippen LogP contribution in [0.2, 0.25) is 0 Å². The van der Waals surface area contributed by atoms with E-state index in [0.29, 0.717) is 38.2 Å². The fourth-order valence-corrected chi connectivity index (χ4v) is 5.17. The molecular weight excluding hydrogens is 528 g/mol. The summed E-state index contributed by atoms with van der Waals surface area (Å²) in [5.74, 6) is 0.803. The van der Waals surface area contributed by atoms with E-state index in [0.717, 1.165) is 33.6 Å². The van der Waals surface area contributed by atoms with Gasteiger partial charge < -0.3 is 10.5 Å². The number of nitrogens with zero attached hydrogens (tertiary/aromatic N) is 1. The Labute approximate surface area is 255 Å². The summed E-state index contributed by atoms with van der Waals surface area (Å²) in [5, 5.41) is 0. The van der Waals surface area contributed by atoms with E-state index in [4.69, 9.17) is 10.5 Å². The van der Waals surface area contributed by atoms with Crippen LogP contribution in [0.5, 0.6) is 5.75 Å². The molecule has 1 atom stereocenters. The van der Waals surface area contributed by atoms with Crippen LogP contribution in [0.25, 0.3) is 0 Å². The summed E-state index contributed by atoms with van der Waals surface area (Å²) in [4.78, 5) is 16.3. The van der Waals surface area contributed by atoms with Gasteiger partial charge in [0.25, 0.3) is 0 Å². The molecule has 4 heteroatoms. The third kappa shape index (κ3) is 9.29. The van der Waals surface area contributed by atoms with Crippen LogP contribution in [0.4, 0.5) is 0 Å². The lowest BCUT2D eigenvalue weighted by atomic mass is 9.97. The summed E-state index contributed by atoms with van der Waals surface area (Å²) in [6, 6.07) is 48.4. The smallest absolute Gasteiger partial charge is 0.174 e. The summed E-state index contributed by atoms with van der Waals surface area (Å²) < 4.78 is 6.01. The van der Waals surface area contributed by atoms with Crippen LogP contribution in [0.15, 0.2) is 157 Å². The minimum absolute atomic E-state index is 0.00435. The Hall–Kier alpha value is -4.93. The number of ketones is 1. The fourth-order valence-electron chi connectivity index (χ4n) is 5.17. The monoisotopic (exact) mass is 566 g/mol. The zero-order chi connectivity index (χ0) is 29.7. The minimum atomic E-state index is -0.411. The molecular formula is C39H38N2O2. The summed E-state index contributed by atoms with van der Waals surface area (Å²) in [6.07, 6.45) is 2.72. The molecule has 0 unspecified atom stereocenters. The van der Waals surface area contributed by atoms with Crippen molar-refractivity contribution in [3.63, 3.8) is 0 Å². The molecule has 2 N–H and O–H groups in total. The first-order chi connectivity index (χ1) is 21.1. The second kappa shape index (κ2) is 15.3. The van der Waals surface area contributed by atoms with Gasteiger partial charge in [-0.05, 0) is 46.4 Å². The Morgan fingerprint density at radius 2 is 1.07 bits per heavy atom. The summed E-state index contributed by atoms with van der Waals surface area (Å²) in [6.45, 7) is 1.78. The van der Waals surface area contributed by atoms with Gasteiger partial charge in [-0.1, -0.05) is 133 Å². The van der Waals surface area contributed by atoms with Crippen molar-refractivity contribution in [3.05, 3.63) is 185 Å². The molecule has 0 spiro atoms. The van der Waals surface area contributed by atoms with Crippen molar-refractivity contribution in [1.82, 2.24) is 4.90 Å². The number of nitrogens with two attached hydrogens (primary N) is 1. The molecule has 0 bridgehead atoms. The molecule has 5 rings (SSSR count). The van der Waals surface area contributed by atoms with E-state index >= 15 is 0 Å². The lowest BCUT2D eigenvalue weighted by Gasteiger charge is -2.31. The SMILES string of the molecule is N/C(=C/C(=O)[C@H](Cc1ccc(OCc2ccccc2)cc1)N(Cc1ccccc1)Cc1ccccc1)Cc1ccccc1. The molecule has 0 saturated carbocycles. The predicted octanol–water partition coefficient (Wildman–Crippen LogP) is 7.53. The minimum Gasteiger partial charge on any atom is -0.489 e. The van der Waals surface area contributed by atoms with Gasteiger partial charge in [0.1, 0.15) is 12.4 Å². The van der Waals surface area contributed by atoms with E-state index in [1.807, 2.05) is 97.1 Å². The Bertz CT molecular complexity index is 1530. The van der Waals surface area contributed by atoms with Gasteiger partial charge >= 0.3 is 0 Å². The number of allylic oxidation sites excluding steroid dienone is 1. The van der Waals surface area contributed by atoms with E-state index in [1.165, 1.54) is 0 Å². The van der Waals surface area contributed by atoms with Gasteiger partial charge in [-0.15, -0.1) is 0 Å². The van der Waals surface area contributed by atoms with E-state index in [1.54, 1.807) is 6.08 Å². The van der Waals surface area contributed by atoms with Gasteiger partial charge in [-0.2, -0.15) is 0 Å². The molecule has 0 aromatic heterocycles. The van der Waals surface area contributed by atoms with Gasteiger partial charge in [0.05, 0.1) is 6.04 Å². The van der Waals surface area contributed by atoms with Gasteiger partial charge in [0.2, 0.25) is 0 Å². The van der Waals surface area contributed by atoms with Gasteiger partial charge in [-0.3, -0.25) is 9.69 Å². The molecule has 0 amide bonds. The van der Waals surface area contributed by atoms with Crippen molar-refractivity contribution >= 4 is 5.78 Å². The predicted molar refractivity (Wildman–Crippen MR) is 174 cm³/mol. The molecule has 0 aliphatic heterocycles. The summed E-state index contributed by atoms with van der Waals surface area (Å²) >= 11 is 0. The molecule has 0 radical (unpaired) electrons. The number of hydrogen-bond acceptors (Lipinski definition) is 4. The highest BCUT2D eigenvalue weighted by molar-refractivity contribution is 5.95. The van der Waals surface area contributed by atoms with Crippen molar-refractivity contribution in [2.24, 2.45) is 5.73 Å². The first kappa shape index (κ1) is 29.6. The second-order valence-electron chi connectivity index (χ2n) is 10.8. The zero-order valence-electron chi connectivity index (χ0n) is 24.4. The maximum Gasteiger partial charge on any atom is 0.174 e. The van der Waals surface area contributed by atoms with Crippen LogP contribution in [-0.4, -0.2) is 16.7 Å². The van der Waals surface area contributed by atoms with Crippen LogP contribution in [0, 0.1) is 0 Å². The first-order valence-corrected chi connectivity index (χ1v) is 14.7. The molecule has 0 aliphatic rings. The first-order valence-electron chi connectivity index (χ1n) is 14.7. The third-order valence-corrected chi connectivity index (χ3v) is 7.41. The molecule has 5 aromatic rings. The van der Waals surface area contributed by atoms with Crippen LogP contribution >= 0.6 is 0 Å². The van der Waals surface area contributed by atoms with Crippen LogP contribution in [0.1, 0.15) is 27.8 Å². The molecule has 0 fully saturated rings. The molecule has 0 aliphatic carbocycles. The molecule has 43 heavy (non-hydrogen) atoms. The summed E-state index contributed by atoms with van der Waals surface area (Å²) in [7, 11) is 0. The molecule has 216 valence electrons. The van der Waals surface area contributed by atoms with Gasteiger partial charge in [0.15, 0.2) is 5.78 Å². The number of hydrogen-bond donors (Lipinski definition) is 1. The Morgan fingerprint density at radius 1 is 0.605 bits per heavy atom. The van der Waals surface area contributed by atoms with Gasteiger partial charge in [0, 0.05) is 31.3 Å². The molecule has 5 aromatic carbocycles. The average molecular weight is 567 g/mol. The van der Waals surface area contributed by atoms with E-state index < -0.39 is 6.04 Å². The fraction of sp³-hybridized carbons (Fsp3) is 0.154. The van der Waals surface area contributed by atoms with Crippen molar-refractivity contribution in [2.75, 3.05) is 0 Å². The molecule has 0 heterocycles. The van der Waals surface area contributed by atoms with E-state index in [9.17, 15) is 4.79 Å². The van der Waals surface area contributed by atoms with Crippen molar-refractivity contribution in [2.45, 2.75) is 38.6 Å². The van der Waals surface area contributed by atoms with Crippen LogP contribution < -0.4 is 10.5 Å². The second-order valence-corrected chi connectivity index (χ2v) is 10.8. The Morgan fingerprint density at radius 3 is 1.58 bits per heavy atom. The molecule has 4 nitrogen and oxygen atoms in total. The Kier molecular flexibility index (Phi) is 10.5. The number of carbonyl (C=O) groups is 1. The van der Waals surface area contributed by atoms with Crippen molar-refractivity contribution in [1.29, 1.82) is 0 Å². The lowest BCUT2D eigenvalue weighted by molar-refractivity contribution is -0.120. The number of carbonyl (C=O) groups excluding carboxylic acids is 1. The van der Waals surface area contributed by atoms with E-state index in [-0.39, 0.29) is 5.78 Å². The maximum atomic E-state index is 14.1. The van der Waals surface area contributed by atoms with Crippen molar-refractivity contribution in [3.8, 4) is 5.75 Å². The number of benzene rings is 5. The maximum absolute atomic E-state index is 14.1. The third-order valence-electron chi connectivity index (χ3n) is 7.41.